The van der Waals surface area contributed by atoms with Crippen LogP contribution in [0.15, 0.2) is 42.5 Å². The molecule has 136 valence electrons. The maximum atomic E-state index is 11.8. The fourth-order valence-electron chi connectivity index (χ4n) is 2.45. The molecular weight excluding hydrogens is 340 g/mol. The van der Waals surface area contributed by atoms with Crippen LogP contribution >= 0.6 is 0 Å². The zero-order valence-corrected chi connectivity index (χ0v) is 13.9. The van der Waals surface area contributed by atoms with Crippen molar-refractivity contribution in [2.75, 3.05) is 25.2 Å². The molecule has 0 aromatic heterocycles. The first-order valence-electron chi connectivity index (χ1n) is 8.01. The summed E-state index contributed by atoms with van der Waals surface area (Å²) in [6.07, 6.45) is 0. The van der Waals surface area contributed by atoms with Gasteiger partial charge in [0.15, 0.2) is 11.5 Å². The molecule has 0 saturated heterocycles. The van der Waals surface area contributed by atoms with Crippen LogP contribution < -0.4 is 25.4 Å². The first-order chi connectivity index (χ1) is 12.6. The van der Waals surface area contributed by atoms with Gasteiger partial charge in [0, 0.05) is 25.7 Å². The Morgan fingerprint density at radius 3 is 2.73 bits per heavy atom. The Balaban J connectivity index is 1.39. The number of benzene rings is 2. The topological polar surface area (TPSA) is 115 Å². The van der Waals surface area contributed by atoms with Crippen LogP contribution in [0.1, 0.15) is 5.56 Å². The number of nitrogens with zero attached hydrogens (tertiary/aromatic N) is 1. The van der Waals surface area contributed by atoms with Crippen LogP contribution in [0.3, 0.4) is 0 Å². The molecule has 0 saturated carbocycles. The number of anilines is 1. The van der Waals surface area contributed by atoms with Gasteiger partial charge in [-0.2, -0.15) is 0 Å². The van der Waals surface area contributed by atoms with E-state index in [9.17, 15) is 14.9 Å². The van der Waals surface area contributed by atoms with E-state index >= 15 is 0 Å². The molecule has 0 spiro atoms. The van der Waals surface area contributed by atoms with Crippen LogP contribution in [0.5, 0.6) is 11.5 Å². The largest absolute Gasteiger partial charge is 0.454 e. The molecular formula is C17H18N4O5. The highest BCUT2D eigenvalue weighted by molar-refractivity contribution is 5.74. The monoisotopic (exact) mass is 358 g/mol. The van der Waals surface area contributed by atoms with Crippen molar-refractivity contribution in [3.8, 4) is 11.5 Å². The average molecular weight is 358 g/mol. The summed E-state index contributed by atoms with van der Waals surface area (Å²) in [7, 11) is 0. The summed E-state index contributed by atoms with van der Waals surface area (Å²) in [5.74, 6) is 1.36. The van der Waals surface area contributed by atoms with Gasteiger partial charge in [-0.25, -0.2) is 4.79 Å². The number of urea groups is 1. The molecule has 2 amide bonds. The van der Waals surface area contributed by atoms with Crippen LogP contribution in [-0.2, 0) is 6.54 Å². The van der Waals surface area contributed by atoms with Gasteiger partial charge in [-0.1, -0.05) is 18.2 Å². The molecule has 0 bridgehead atoms. The lowest BCUT2D eigenvalue weighted by Crippen LogP contribution is -2.37. The molecule has 26 heavy (non-hydrogen) atoms. The van der Waals surface area contributed by atoms with Crippen LogP contribution in [-0.4, -0.2) is 30.8 Å². The SMILES string of the molecule is O=C(NCCNc1ccccc1[N+](=O)[O-])NCc1ccc2c(c1)OCO2. The molecule has 9 heteroatoms. The third-order valence-electron chi connectivity index (χ3n) is 3.72. The third kappa shape index (κ3) is 4.32. The number of amides is 2. The first-order valence-corrected chi connectivity index (χ1v) is 8.01. The van der Waals surface area contributed by atoms with Crippen molar-refractivity contribution in [3.63, 3.8) is 0 Å². The zero-order chi connectivity index (χ0) is 18.4. The smallest absolute Gasteiger partial charge is 0.315 e. The number of hydrogen-bond donors (Lipinski definition) is 3. The molecule has 2 aromatic rings. The zero-order valence-electron chi connectivity index (χ0n) is 13.9. The molecule has 0 radical (unpaired) electrons. The maximum absolute atomic E-state index is 11.8. The summed E-state index contributed by atoms with van der Waals surface area (Å²) in [5.41, 5.74) is 1.31. The van der Waals surface area contributed by atoms with Crippen LogP contribution in [0.2, 0.25) is 0 Å². The summed E-state index contributed by atoms with van der Waals surface area (Å²) in [5, 5.41) is 19.3. The van der Waals surface area contributed by atoms with E-state index in [-0.39, 0.29) is 18.5 Å². The summed E-state index contributed by atoms with van der Waals surface area (Å²) in [4.78, 5) is 22.3. The van der Waals surface area contributed by atoms with Gasteiger partial charge in [0.1, 0.15) is 5.69 Å². The van der Waals surface area contributed by atoms with E-state index in [1.54, 1.807) is 24.3 Å². The normalized spacial score (nSPS) is 11.7. The Morgan fingerprint density at radius 2 is 1.88 bits per heavy atom. The fourth-order valence-corrected chi connectivity index (χ4v) is 2.45. The highest BCUT2D eigenvalue weighted by atomic mass is 16.7. The Labute approximate surface area is 149 Å². The number of fused-ring (bicyclic) bond motifs is 1. The van der Waals surface area contributed by atoms with E-state index in [4.69, 9.17) is 9.47 Å². The van der Waals surface area contributed by atoms with E-state index < -0.39 is 4.92 Å². The first kappa shape index (κ1) is 17.3. The standard InChI is InChI=1S/C17H18N4O5/c22-17(20-10-12-5-6-15-16(9-12)26-11-25-15)19-8-7-18-13-3-1-2-4-14(13)21(23)24/h1-6,9,18H,7-8,10-11H2,(H2,19,20,22). The van der Waals surface area contributed by atoms with Gasteiger partial charge in [0.05, 0.1) is 4.92 Å². The Bertz CT molecular complexity index is 811. The molecule has 1 aliphatic heterocycles. The fraction of sp³-hybridized carbons (Fsp3) is 0.235. The van der Waals surface area contributed by atoms with Crippen LogP contribution in [0.4, 0.5) is 16.2 Å². The highest BCUT2D eigenvalue weighted by Gasteiger charge is 2.13. The number of nitro benzene ring substituents is 1. The number of rotatable bonds is 7. The number of ether oxygens (including phenoxy) is 2. The average Bonchev–Trinajstić information content (AvgIpc) is 3.11. The molecule has 0 fully saturated rings. The summed E-state index contributed by atoms with van der Waals surface area (Å²) >= 11 is 0. The molecule has 1 heterocycles. The van der Waals surface area contributed by atoms with Gasteiger partial charge >= 0.3 is 6.03 Å². The van der Waals surface area contributed by atoms with Crippen LogP contribution in [0.25, 0.3) is 0 Å². The lowest BCUT2D eigenvalue weighted by Gasteiger charge is -2.10. The lowest BCUT2D eigenvalue weighted by atomic mass is 10.2. The predicted octanol–water partition coefficient (Wildman–Crippen LogP) is 2.23. The van der Waals surface area contributed by atoms with Crippen molar-refractivity contribution < 1.29 is 19.2 Å². The van der Waals surface area contributed by atoms with Gasteiger partial charge in [0.2, 0.25) is 6.79 Å². The van der Waals surface area contributed by atoms with E-state index in [1.165, 1.54) is 6.07 Å². The number of carbonyl (C=O) groups is 1. The Hall–Kier alpha value is -3.49. The minimum absolute atomic E-state index is 0.000223. The van der Waals surface area contributed by atoms with Gasteiger partial charge in [-0.3, -0.25) is 10.1 Å². The van der Waals surface area contributed by atoms with Crippen molar-refractivity contribution in [2.24, 2.45) is 0 Å². The van der Waals surface area contributed by atoms with Crippen LogP contribution in [0, 0.1) is 10.1 Å². The maximum Gasteiger partial charge on any atom is 0.315 e. The predicted molar refractivity (Wildman–Crippen MR) is 94.4 cm³/mol. The second-order valence-electron chi connectivity index (χ2n) is 5.50. The summed E-state index contributed by atoms with van der Waals surface area (Å²) in [6, 6.07) is 11.5. The number of carbonyl (C=O) groups excluding carboxylic acids is 1. The summed E-state index contributed by atoms with van der Waals surface area (Å²) < 4.78 is 10.5. The van der Waals surface area contributed by atoms with Crippen molar-refractivity contribution in [1.82, 2.24) is 10.6 Å². The van der Waals surface area contributed by atoms with Gasteiger partial charge in [-0.05, 0) is 23.8 Å². The van der Waals surface area contributed by atoms with E-state index in [1.807, 2.05) is 12.1 Å². The van der Waals surface area contributed by atoms with Crippen molar-refractivity contribution in [1.29, 1.82) is 0 Å². The molecule has 0 unspecified atom stereocenters. The molecule has 3 N–H and O–H groups in total. The molecule has 0 aliphatic carbocycles. The quantitative estimate of drug-likeness (QED) is 0.397. The van der Waals surface area contributed by atoms with E-state index in [2.05, 4.69) is 16.0 Å². The number of nitrogens with one attached hydrogen (secondary N) is 3. The van der Waals surface area contributed by atoms with Crippen molar-refractivity contribution in [2.45, 2.75) is 6.54 Å². The minimum Gasteiger partial charge on any atom is -0.454 e. The number of nitro groups is 1. The Morgan fingerprint density at radius 1 is 1.08 bits per heavy atom. The van der Waals surface area contributed by atoms with Gasteiger partial charge in [0.25, 0.3) is 5.69 Å². The van der Waals surface area contributed by atoms with E-state index in [0.29, 0.717) is 36.8 Å². The van der Waals surface area contributed by atoms with Crippen molar-refractivity contribution in [3.05, 3.63) is 58.1 Å². The highest BCUT2D eigenvalue weighted by Crippen LogP contribution is 2.32. The van der Waals surface area contributed by atoms with Crippen molar-refractivity contribution >= 4 is 17.4 Å². The Kier molecular flexibility index (Phi) is 5.37. The number of hydrogen-bond acceptors (Lipinski definition) is 6. The van der Waals surface area contributed by atoms with Gasteiger partial charge < -0.3 is 25.4 Å². The molecule has 3 rings (SSSR count). The molecule has 0 atom stereocenters. The molecule has 1 aliphatic rings. The second-order valence-corrected chi connectivity index (χ2v) is 5.50. The molecule has 9 nitrogen and oxygen atoms in total. The lowest BCUT2D eigenvalue weighted by molar-refractivity contribution is -0.384. The number of para-hydroxylation sites is 2. The second kappa shape index (κ2) is 8.06. The third-order valence-corrected chi connectivity index (χ3v) is 3.72. The minimum atomic E-state index is -0.451. The molecule has 2 aromatic carbocycles. The summed E-state index contributed by atoms with van der Waals surface area (Å²) in [6.45, 7) is 1.24. The van der Waals surface area contributed by atoms with E-state index in [0.717, 1.165) is 5.56 Å². The van der Waals surface area contributed by atoms with Gasteiger partial charge in [-0.15, -0.1) is 0 Å².